The molecule has 1 aliphatic rings. The van der Waals surface area contributed by atoms with Gasteiger partial charge in [0.1, 0.15) is 0 Å². The summed E-state index contributed by atoms with van der Waals surface area (Å²) < 4.78 is 0. The molecule has 0 aliphatic heterocycles. The van der Waals surface area contributed by atoms with Crippen LogP contribution in [-0.4, -0.2) is 0 Å². The van der Waals surface area contributed by atoms with E-state index < -0.39 is 0 Å². The zero-order valence-corrected chi connectivity index (χ0v) is 8.27. The van der Waals surface area contributed by atoms with Crippen molar-refractivity contribution >= 4 is 0 Å². The van der Waals surface area contributed by atoms with E-state index in [1.165, 1.54) is 32.1 Å². The lowest BCUT2D eigenvalue weighted by Gasteiger charge is -2.30. The molecule has 11 heavy (non-hydrogen) atoms. The fraction of sp³-hybridized carbons (Fsp3) is 1.00. The first-order valence-electron chi connectivity index (χ1n) is 5.22. The van der Waals surface area contributed by atoms with Crippen LogP contribution in [0, 0.1) is 17.8 Å². The lowest BCUT2D eigenvalue weighted by Crippen LogP contribution is -2.19. The molecular formula is C11H22. The third-order valence-electron chi connectivity index (χ3n) is 3.44. The molecule has 0 amide bonds. The highest BCUT2D eigenvalue weighted by Gasteiger charge is 2.21. The first-order valence-corrected chi connectivity index (χ1v) is 5.22. The molecule has 0 nitrogen and oxygen atoms in total. The second-order valence-electron chi connectivity index (χ2n) is 4.50. The summed E-state index contributed by atoms with van der Waals surface area (Å²) in [5.74, 6) is 2.89. The van der Waals surface area contributed by atoms with Crippen LogP contribution in [0.15, 0.2) is 0 Å². The van der Waals surface area contributed by atoms with E-state index >= 15 is 0 Å². The van der Waals surface area contributed by atoms with Crippen LogP contribution in [0.25, 0.3) is 0 Å². The predicted octanol–water partition coefficient (Wildman–Crippen LogP) is 3.86. The van der Waals surface area contributed by atoms with Crippen molar-refractivity contribution in [2.45, 2.75) is 52.9 Å². The summed E-state index contributed by atoms with van der Waals surface area (Å²) >= 11 is 0. The van der Waals surface area contributed by atoms with Gasteiger partial charge < -0.3 is 0 Å². The highest BCUT2D eigenvalue weighted by Crippen LogP contribution is 2.33. The summed E-state index contributed by atoms with van der Waals surface area (Å²) in [7, 11) is 0. The van der Waals surface area contributed by atoms with E-state index in [2.05, 4.69) is 20.8 Å². The van der Waals surface area contributed by atoms with Crippen LogP contribution in [0.3, 0.4) is 0 Å². The Morgan fingerprint density at radius 3 is 1.91 bits per heavy atom. The van der Waals surface area contributed by atoms with Crippen molar-refractivity contribution in [1.29, 1.82) is 0 Å². The van der Waals surface area contributed by atoms with Crippen molar-refractivity contribution in [3.8, 4) is 0 Å². The van der Waals surface area contributed by atoms with Gasteiger partial charge in [-0.2, -0.15) is 0 Å². The largest absolute Gasteiger partial charge is 0.0625 e. The number of rotatable bonds is 2. The van der Waals surface area contributed by atoms with Gasteiger partial charge in [-0.05, 0) is 17.8 Å². The highest BCUT2D eigenvalue weighted by atomic mass is 14.3. The maximum absolute atomic E-state index is 2.43. The summed E-state index contributed by atoms with van der Waals surface area (Å²) in [6.07, 6.45) is 7.46. The molecule has 0 radical (unpaired) electrons. The van der Waals surface area contributed by atoms with Crippen LogP contribution in [0.5, 0.6) is 0 Å². The summed E-state index contributed by atoms with van der Waals surface area (Å²) in [5.41, 5.74) is 0. The molecule has 1 saturated carbocycles. The Balaban J connectivity index is 2.32. The van der Waals surface area contributed by atoms with Crippen LogP contribution in [-0.2, 0) is 0 Å². The minimum Gasteiger partial charge on any atom is -0.0625 e. The fourth-order valence-corrected chi connectivity index (χ4v) is 2.20. The molecule has 0 aromatic rings. The topological polar surface area (TPSA) is 0 Å². The summed E-state index contributed by atoms with van der Waals surface area (Å²) in [5, 5.41) is 0. The van der Waals surface area contributed by atoms with Crippen LogP contribution in [0.1, 0.15) is 52.9 Å². The van der Waals surface area contributed by atoms with Crippen molar-refractivity contribution in [2.24, 2.45) is 17.8 Å². The van der Waals surface area contributed by atoms with E-state index in [9.17, 15) is 0 Å². The van der Waals surface area contributed by atoms with Gasteiger partial charge in [-0.25, -0.2) is 0 Å². The Bertz CT molecular complexity index is 98.6. The van der Waals surface area contributed by atoms with E-state index in [4.69, 9.17) is 0 Å². The molecule has 66 valence electrons. The normalized spacial score (nSPS) is 24.0. The zero-order chi connectivity index (χ0) is 8.27. The molecule has 0 N–H and O–H groups in total. The van der Waals surface area contributed by atoms with Crippen molar-refractivity contribution in [2.75, 3.05) is 0 Å². The van der Waals surface area contributed by atoms with Gasteiger partial charge in [-0.1, -0.05) is 52.9 Å². The standard InChI is InChI=1S/C11H22/c1-9(2)10(3)11-7-5-4-6-8-11/h9-11H,4-8H2,1-3H3/t10-/m0/s1. The number of hydrogen-bond acceptors (Lipinski definition) is 0. The summed E-state index contributed by atoms with van der Waals surface area (Å²) in [6, 6.07) is 0. The minimum atomic E-state index is 0.887. The van der Waals surface area contributed by atoms with E-state index in [1.807, 2.05) is 0 Å². The monoisotopic (exact) mass is 154 g/mol. The zero-order valence-electron chi connectivity index (χ0n) is 8.27. The lowest BCUT2D eigenvalue weighted by atomic mass is 9.76. The Morgan fingerprint density at radius 1 is 0.909 bits per heavy atom. The van der Waals surface area contributed by atoms with E-state index in [0.717, 1.165) is 17.8 Å². The second kappa shape index (κ2) is 4.13. The highest BCUT2D eigenvalue weighted by molar-refractivity contribution is 4.72. The molecule has 0 bridgehead atoms. The van der Waals surface area contributed by atoms with Gasteiger partial charge in [0, 0.05) is 0 Å². The molecule has 0 unspecified atom stereocenters. The summed E-state index contributed by atoms with van der Waals surface area (Å²) in [4.78, 5) is 0. The van der Waals surface area contributed by atoms with Crippen molar-refractivity contribution in [3.05, 3.63) is 0 Å². The molecule has 0 spiro atoms. The van der Waals surface area contributed by atoms with Crippen LogP contribution >= 0.6 is 0 Å². The fourth-order valence-electron chi connectivity index (χ4n) is 2.20. The average Bonchev–Trinajstić information content (AvgIpc) is 2.05. The second-order valence-corrected chi connectivity index (χ2v) is 4.50. The van der Waals surface area contributed by atoms with Gasteiger partial charge in [-0.15, -0.1) is 0 Å². The van der Waals surface area contributed by atoms with Gasteiger partial charge in [0.05, 0.1) is 0 Å². The predicted molar refractivity (Wildman–Crippen MR) is 50.6 cm³/mol. The van der Waals surface area contributed by atoms with Gasteiger partial charge in [0.25, 0.3) is 0 Å². The van der Waals surface area contributed by atoms with Gasteiger partial charge in [-0.3, -0.25) is 0 Å². The Hall–Kier alpha value is 0. The van der Waals surface area contributed by atoms with Crippen molar-refractivity contribution in [1.82, 2.24) is 0 Å². The quantitative estimate of drug-likeness (QED) is 0.566. The van der Waals surface area contributed by atoms with Crippen molar-refractivity contribution in [3.63, 3.8) is 0 Å². The molecule has 1 fully saturated rings. The molecule has 0 aromatic carbocycles. The first-order chi connectivity index (χ1) is 5.22. The van der Waals surface area contributed by atoms with Crippen LogP contribution in [0.2, 0.25) is 0 Å². The molecule has 0 heterocycles. The Labute approximate surface area is 71.4 Å². The van der Waals surface area contributed by atoms with Crippen LogP contribution in [0.4, 0.5) is 0 Å². The van der Waals surface area contributed by atoms with Crippen LogP contribution < -0.4 is 0 Å². The molecule has 1 rings (SSSR count). The van der Waals surface area contributed by atoms with E-state index in [0.29, 0.717) is 0 Å². The molecule has 1 aliphatic carbocycles. The summed E-state index contributed by atoms with van der Waals surface area (Å²) in [6.45, 7) is 7.15. The maximum atomic E-state index is 2.43. The third kappa shape index (κ3) is 2.50. The molecule has 0 saturated heterocycles. The average molecular weight is 154 g/mol. The van der Waals surface area contributed by atoms with Crippen molar-refractivity contribution < 1.29 is 0 Å². The van der Waals surface area contributed by atoms with Gasteiger partial charge in [0.2, 0.25) is 0 Å². The molecule has 0 heteroatoms. The molecule has 0 aromatic heterocycles. The third-order valence-corrected chi connectivity index (χ3v) is 3.44. The Kier molecular flexibility index (Phi) is 3.42. The van der Waals surface area contributed by atoms with Gasteiger partial charge >= 0.3 is 0 Å². The first kappa shape index (κ1) is 9.09. The Morgan fingerprint density at radius 2 is 1.45 bits per heavy atom. The lowest BCUT2D eigenvalue weighted by molar-refractivity contribution is 0.213. The van der Waals surface area contributed by atoms with E-state index in [1.54, 1.807) is 0 Å². The molecular weight excluding hydrogens is 132 g/mol. The van der Waals surface area contributed by atoms with E-state index in [-0.39, 0.29) is 0 Å². The number of hydrogen-bond donors (Lipinski definition) is 0. The maximum Gasteiger partial charge on any atom is -0.0386 e. The van der Waals surface area contributed by atoms with Gasteiger partial charge in [0.15, 0.2) is 0 Å². The molecule has 1 atom stereocenters. The smallest absolute Gasteiger partial charge is 0.0386 e. The SMILES string of the molecule is CC(C)[C@H](C)C1CCCCC1. The minimum absolute atomic E-state index is 0.887.